The fraction of sp³-hybridized carbons (Fsp3) is 0.250. The first kappa shape index (κ1) is 12.2. The Morgan fingerprint density at radius 3 is 1.87 bits per heavy atom. The fourth-order valence-corrected chi connectivity index (χ4v) is 1.52. The second-order valence-electron chi connectivity index (χ2n) is 2.60. The van der Waals surface area contributed by atoms with Crippen LogP contribution in [0.1, 0.15) is 0 Å². The maximum atomic E-state index is 12.8. The summed E-state index contributed by atoms with van der Waals surface area (Å²) in [5.41, 5.74) is 0. The van der Waals surface area contributed by atoms with Crippen molar-refractivity contribution in [2.24, 2.45) is 0 Å². The zero-order valence-electron chi connectivity index (χ0n) is 7.04. The standard InChI is InChI=1S/C8H4F6S/c9-4-1-5(10)7(6(11)2-4)15-3-8(12,13)14/h1-2H,3H2. The molecule has 7 heteroatoms. The van der Waals surface area contributed by atoms with Crippen LogP contribution < -0.4 is 0 Å². The van der Waals surface area contributed by atoms with Crippen LogP contribution in [0.3, 0.4) is 0 Å². The number of alkyl halides is 3. The minimum atomic E-state index is -4.53. The molecule has 1 aromatic rings. The number of hydrogen-bond donors (Lipinski definition) is 0. The highest BCUT2D eigenvalue weighted by molar-refractivity contribution is 7.99. The predicted molar refractivity (Wildman–Crippen MR) is 43.1 cm³/mol. The van der Waals surface area contributed by atoms with Crippen molar-refractivity contribution in [2.75, 3.05) is 5.75 Å². The lowest BCUT2D eigenvalue weighted by molar-refractivity contribution is -0.105. The van der Waals surface area contributed by atoms with E-state index in [1.54, 1.807) is 0 Å². The molecule has 15 heavy (non-hydrogen) atoms. The van der Waals surface area contributed by atoms with Gasteiger partial charge in [0.2, 0.25) is 0 Å². The Bertz CT molecular complexity index is 336. The number of thioether (sulfide) groups is 1. The third-order valence-electron chi connectivity index (χ3n) is 1.34. The molecule has 0 N–H and O–H groups in total. The van der Waals surface area contributed by atoms with Crippen LogP contribution in [0.2, 0.25) is 0 Å². The van der Waals surface area contributed by atoms with Crippen molar-refractivity contribution in [2.45, 2.75) is 11.1 Å². The van der Waals surface area contributed by atoms with Crippen molar-refractivity contribution >= 4 is 11.8 Å². The van der Waals surface area contributed by atoms with E-state index in [0.29, 0.717) is 12.1 Å². The summed E-state index contributed by atoms with van der Waals surface area (Å²) in [5, 5.41) is 0. The lowest BCUT2D eigenvalue weighted by Crippen LogP contribution is -2.11. The monoisotopic (exact) mass is 246 g/mol. The van der Waals surface area contributed by atoms with Gasteiger partial charge in [-0.3, -0.25) is 0 Å². The van der Waals surface area contributed by atoms with Gasteiger partial charge in [-0.25, -0.2) is 13.2 Å². The topological polar surface area (TPSA) is 0 Å². The van der Waals surface area contributed by atoms with Gasteiger partial charge in [-0.1, -0.05) is 0 Å². The maximum Gasteiger partial charge on any atom is 0.398 e. The molecule has 0 aliphatic carbocycles. The average molecular weight is 246 g/mol. The van der Waals surface area contributed by atoms with Crippen molar-refractivity contribution in [3.05, 3.63) is 29.6 Å². The van der Waals surface area contributed by atoms with Gasteiger partial charge in [0.1, 0.15) is 17.5 Å². The van der Waals surface area contributed by atoms with Crippen molar-refractivity contribution in [1.29, 1.82) is 0 Å². The van der Waals surface area contributed by atoms with Crippen LogP contribution in [0.4, 0.5) is 26.3 Å². The second kappa shape index (κ2) is 4.34. The highest BCUT2D eigenvalue weighted by Gasteiger charge is 2.28. The van der Waals surface area contributed by atoms with E-state index in [0.717, 1.165) is 0 Å². The normalized spacial score (nSPS) is 11.9. The largest absolute Gasteiger partial charge is 0.398 e. The quantitative estimate of drug-likeness (QED) is 0.565. The first-order valence-electron chi connectivity index (χ1n) is 3.63. The zero-order chi connectivity index (χ0) is 11.6. The Morgan fingerprint density at radius 1 is 1.00 bits per heavy atom. The first-order chi connectivity index (χ1) is 6.79. The molecule has 1 aromatic carbocycles. The Labute approximate surface area is 85.3 Å². The molecule has 0 bridgehead atoms. The summed E-state index contributed by atoms with van der Waals surface area (Å²) in [5.74, 6) is -5.25. The third-order valence-corrected chi connectivity index (χ3v) is 2.49. The molecule has 0 aromatic heterocycles. The van der Waals surface area contributed by atoms with Gasteiger partial charge < -0.3 is 0 Å². The summed E-state index contributed by atoms with van der Waals surface area (Å²) in [6.07, 6.45) is -4.53. The summed E-state index contributed by atoms with van der Waals surface area (Å²) in [6.45, 7) is 0. The van der Waals surface area contributed by atoms with Crippen molar-refractivity contribution in [3.63, 3.8) is 0 Å². The molecule has 0 spiro atoms. The van der Waals surface area contributed by atoms with Crippen LogP contribution in [0.15, 0.2) is 17.0 Å². The molecule has 0 fully saturated rings. The minimum absolute atomic E-state index is 0.0524. The molecule has 0 heterocycles. The van der Waals surface area contributed by atoms with Crippen molar-refractivity contribution < 1.29 is 26.3 Å². The molecule has 1 rings (SSSR count). The van der Waals surface area contributed by atoms with Gasteiger partial charge in [0.05, 0.1) is 10.6 Å². The number of benzene rings is 1. The number of halogens is 6. The Kier molecular flexibility index (Phi) is 3.54. The molecular weight excluding hydrogens is 242 g/mol. The predicted octanol–water partition coefficient (Wildman–Crippen LogP) is 3.76. The molecule has 0 unspecified atom stereocenters. The summed E-state index contributed by atoms with van der Waals surface area (Å²) in [7, 11) is 0. The van der Waals surface area contributed by atoms with Gasteiger partial charge in [0.25, 0.3) is 0 Å². The van der Waals surface area contributed by atoms with Gasteiger partial charge in [-0.05, 0) is 0 Å². The van der Waals surface area contributed by atoms with Crippen molar-refractivity contribution in [1.82, 2.24) is 0 Å². The van der Waals surface area contributed by atoms with Gasteiger partial charge in [0, 0.05) is 12.1 Å². The van der Waals surface area contributed by atoms with Crippen LogP contribution in [0.5, 0.6) is 0 Å². The molecule has 0 aliphatic rings. The van der Waals surface area contributed by atoms with E-state index < -0.39 is 34.3 Å². The SMILES string of the molecule is Fc1cc(F)c(SCC(F)(F)F)c(F)c1. The minimum Gasteiger partial charge on any atom is -0.207 e. The molecule has 84 valence electrons. The average Bonchev–Trinajstić information content (AvgIpc) is 1.99. The fourth-order valence-electron chi connectivity index (χ4n) is 0.821. The molecule has 0 radical (unpaired) electrons. The van der Waals surface area contributed by atoms with Gasteiger partial charge in [-0.15, -0.1) is 11.8 Å². The molecular formula is C8H4F6S. The molecule has 0 nitrogen and oxygen atoms in total. The highest BCUT2D eigenvalue weighted by Crippen LogP contribution is 2.31. The molecule has 0 saturated heterocycles. The summed E-state index contributed by atoms with van der Waals surface area (Å²) < 4.78 is 73.2. The van der Waals surface area contributed by atoms with Gasteiger partial charge in [0.15, 0.2) is 0 Å². The van der Waals surface area contributed by atoms with E-state index in [1.807, 2.05) is 0 Å². The second-order valence-corrected chi connectivity index (χ2v) is 3.59. The van der Waals surface area contributed by atoms with E-state index in [1.165, 1.54) is 0 Å². The van der Waals surface area contributed by atoms with E-state index in [2.05, 4.69) is 0 Å². The lowest BCUT2D eigenvalue weighted by Gasteiger charge is -2.07. The first-order valence-corrected chi connectivity index (χ1v) is 4.62. The summed E-state index contributed by atoms with van der Waals surface area (Å²) in [6, 6.07) is 0.670. The molecule has 0 aliphatic heterocycles. The summed E-state index contributed by atoms with van der Waals surface area (Å²) in [4.78, 5) is -0.825. The zero-order valence-corrected chi connectivity index (χ0v) is 7.85. The van der Waals surface area contributed by atoms with E-state index >= 15 is 0 Å². The van der Waals surface area contributed by atoms with E-state index in [9.17, 15) is 26.3 Å². The molecule has 0 amide bonds. The Balaban J connectivity index is 2.86. The van der Waals surface area contributed by atoms with Crippen molar-refractivity contribution in [3.8, 4) is 0 Å². The van der Waals surface area contributed by atoms with Gasteiger partial charge >= 0.3 is 6.18 Å². The lowest BCUT2D eigenvalue weighted by atomic mass is 10.3. The van der Waals surface area contributed by atoms with Crippen LogP contribution in [0, 0.1) is 17.5 Å². The van der Waals surface area contributed by atoms with Crippen LogP contribution >= 0.6 is 11.8 Å². The maximum absolute atomic E-state index is 12.8. The molecule has 0 saturated carbocycles. The van der Waals surface area contributed by atoms with Crippen LogP contribution in [0.25, 0.3) is 0 Å². The smallest absolute Gasteiger partial charge is 0.207 e. The van der Waals surface area contributed by atoms with Crippen LogP contribution in [-0.2, 0) is 0 Å². The number of rotatable bonds is 2. The van der Waals surface area contributed by atoms with Crippen LogP contribution in [-0.4, -0.2) is 11.9 Å². The van der Waals surface area contributed by atoms with E-state index in [4.69, 9.17) is 0 Å². The molecule has 0 atom stereocenters. The van der Waals surface area contributed by atoms with Gasteiger partial charge in [-0.2, -0.15) is 13.2 Å². The highest BCUT2D eigenvalue weighted by atomic mass is 32.2. The number of hydrogen-bond acceptors (Lipinski definition) is 1. The third kappa shape index (κ3) is 3.65. The summed E-state index contributed by atoms with van der Waals surface area (Å²) >= 11 is -0.0524. The Hall–Kier alpha value is -0.850. The van der Waals surface area contributed by atoms with E-state index in [-0.39, 0.29) is 11.8 Å². The Morgan fingerprint density at radius 2 is 1.47 bits per heavy atom.